The van der Waals surface area contributed by atoms with Crippen LogP contribution in [0, 0.1) is 0 Å². The van der Waals surface area contributed by atoms with E-state index < -0.39 is 0 Å². The van der Waals surface area contributed by atoms with E-state index in [1.807, 2.05) is 4.90 Å². The van der Waals surface area contributed by atoms with E-state index in [0.717, 1.165) is 18.7 Å². The van der Waals surface area contributed by atoms with E-state index in [1.54, 1.807) is 50.1 Å². The first-order valence-corrected chi connectivity index (χ1v) is 8.64. The van der Waals surface area contributed by atoms with Crippen molar-refractivity contribution in [3.05, 3.63) is 41.2 Å². The number of piperidine rings is 1. The van der Waals surface area contributed by atoms with Gasteiger partial charge in [-0.25, -0.2) is 4.68 Å². The minimum absolute atomic E-state index is 0.0132. The number of rotatable bonds is 3. The molecule has 1 saturated heterocycles. The maximum Gasteiger partial charge on any atom is 0.253 e. The number of benzene rings is 1. The molecule has 26 heavy (non-hydrogen) atoms. The van der Waals surface area contributed by atoms with E-state index in [0.29, 0.717) is 30.2 Å². The van der Waals surface area contributed by atoms with E-state index in [2.05, 4.69) is 10.1 Å². The molecule has 0 saturated carbocycles. The molecule has 0 atom stereocenters. The third kappa shape index (κ3) is 3.54. The monoisotopic (exact) mass is 356 g/mol. The first-order valence-electron chi connectivity index (χ1n) is 8.64. The topological polar surface area (TPSA) is 97.4 Å². The molecular formula is C18H24N6O2. The van der Waals surface area contributed by atoms with Crippen molar-refractivity contribution in [2.75, 3.05) is 32.9 Å². The predicted molar refractivity (Wildman–Crippen MR) is 97.8 cm³/mol. The van der Waals surface area contributed by atoms with Crippen LogP contribution in [-0.4, -0.2) is 63.6 Å². The van der Waals surface area contributed by atoms with Crippen LogP contribution in [0.5, 0.6) is 0 Å². The standard InChI is InChI=1S/C18H24N6O2/c1-22(2)16(25)13-4-6-14(7-5-13)17(26)24-10-8-12(9-11-24)15-20-18(19)23(3)21-15/h4-7,12H,8-11H2,1-3H3,(H2,19,20,21). The summed E-state index contributed by atoms with van der Waals surface area (Å²) in [5.41, 5.74) is 6.92. The van der Waals surface area contributed by atoms with Crippen LogP contribution in [0.15, 0.2) is 24.3 Å². The summed E-state index contributed by atoms with van der Waals surface area (Å²) < 4.78 is 1.57. The second-order valence-electron chi connectivity index (χ2n) is 6.80. The first-order chi connectivity index (χ1) is 12.4. The number of anilines is 1. The van der Waals surface area contributed by atoms with Gasteiger partial charge in [0, 0.05) is 51.3 Å². The molecule has 2 heterocycles. The second kappa shape index (κ2) is 7.15. The molecule has 8 nitrogen and oxygen atoms in total. The summed E-state index contributed by atoms with van der Waals surface area (Å²) in [4.78, 5) is 32.3. The van der Waals surface area contributed by atoms with Crippen LogP contribution in [0.1, 0.15) is 45.3 Å². The Morgan fingerprint density at radius 3 is 2.19 bits per heavy atom. The molecular weight excluding hydrogens is 332 g/mol. The Hall–Kier alpha value is -2.90. The molecule has 1 aromatic heterocycles. The molecule has 0 radical (unpaired) electrons. The fourth-order valence-electron chi connectivity index (χ4n) is 3.13. The van der Waals surface area contributed by atoms with Crippen molar-refractivity contribution in [2.45, 2.75) is 18.8 Å². The number of nitrogen functional groups attached to an aromatic ring is 1. The number of likely N-dealkylation sites (tertiary alicyclic amines) is 1. The van der Waals surface area contributed by atoms with Gasteiger partial charge in [-0.3, -0.25) is 9.59 Å². The first kappa shape index (κ1) is 17.9. The van der Waals surface area contributed by atoms with Gasteiger partial charge in [0.15, 0.2) is 5.82 Å². The van der Waals surface area contributed by atoms with Gasteiger partial charge in [-0.15, -0.1) is 0 Å². The summed E-state index contributed by atoms with van der Waals surface area (Å²) in [5.74, 6) is 1.30. The SMILES string of the molecule is CN(C)C(=O)c1ccc(C(=O)N2CCC(c3nc(N)n(C)n3)CC2)cc1. The molecule has 0 bridgehead atoms. The lowest BCUT2D eigenvalue weighted by atomic mass is 9.95. The van der Waals surface area contributed by atoms with Gasteiger partial charge in [0.25, 0.3) is 11.8 Å². The zero-order valence-electron chi connectivity index (χ0n) is 15.3. The minimum atomic E-state index is -0.0769. The van der Waals surface area contributed by atoms with E-state index in [1.165, 1.54) is 4.90 Å². The van der Waals surface area contributed by atoms with Crippen LogP contribution in [-0.2, 0) is 7.05 Å². The Balaban J connectivity index is 1.62. The molecule has 0 spiro atoms. The number of nitrogens with two attached hydrogens (primary N) is 1. The van der Waals surface area contributed by atoms with Crippen molar-refractivity contribution in [1.82, 2.24) is 24.6 Å². The smallest absolute Gasteiger partial charge is 0.253 e. The van der Waals surface area contributed by atoms with Gasteiger partial charge in [-0.05, 0) is 37.1 Å². The van der Waals surface area contributed by atoms with Crippen molar-refractivity contribution in [1.29, 1.82) is 0 Å². The van der Waals surface area contributed by atoms with E-state index in [-0.39, 0.29) is 17.7 Å². The van der Waals surface area contributed by atoms with Gasteiger partial charge >= 0.3 is 0 Å². The van der Waals surface area contributed by atoms with Crippen molar-refractivity contribution in [3.63, 3.8) is 0 Å². The summed E-state index contributed by atoms with van der Waals surface area (Å²) in [6, 6.07) is 6.82. The third-order valence-electron chi connectivity index (χ3n) is 4.75. The number of hydrogen-bond donors (Lipinski definition) is 1. The molecule has 138 valence electrons. The number of amides is 2. The molecule has 1 aliphatic heterocycles. The Morgan fingerprint density at radius 2 is 1.69 bits per heavy atom. The Kier molecular flexibility index (Phi) is 4.92. The number of carbonyl (C=O) groups is 2. The molecule has 2 N–H and O–H groups in total. The van der Waals surface area contributed by atoms with Crippen LogP contribution in [0.3, 0.4) is 0 Å². The summed E-state index contributed by atoms with van der Waals surface area (Å²) in [5, 5.41) is 4.34. The fourth-order valence-corrected chi connectivity index (χ4v) is 3.13. The van der Waals surface area contributed by atoms with Crippen molar-refractivity contribution < 1.29 is 9.59 Å². The van der Waals surface area contributed by atoms with Gasteiger partial charge < -0.3 is 15.5 Å². The maximum absolute atomic E-state index is 12.7. The number of nitrogens with zero attached hydrogens (tertiary/aromatic N) is 5. The molecule has 1 fully saturated rings. The molecule has 1 aromatic carbocycles. The quantitative estimate of drug-likeness (QED) is 0.889. The highest BCUT2D eigenvalue weighted by atomic mass is 16.2. The van der Waals surface area contributed by atoms with Crippen LogP contribution in [0.2, 0.25) is 0 Å². The average Bonchev–Trinajstić information content (AvgIpc) is 2.99. The molecule has 1 aliphatic rings. The highest BCUT2D eigenvalue weighted by molar-refractivity contribution is 5.97. The Morgan fingerprint density at radius 1 is 1.12 bits per heavy atom. The number of aromatic nitrogens is 3. The maximum atomic E-state index is 12.7. The largest absolute Gasteiger partial charge is 0.368 e. The van der Waals surface area contributed by atoms with Crippen molar-refractivity contribution in [3.8, 4) is 0 Å². The highest BCUT2D eigenvalue weighted by Gasteiger charge is 2.27. The fraction of sp³-hybridized carbons (Fsp3) is 0.444. The summed E-state index contributed by atoms with van der Waals surface area (Å²) in [7, 11) is 5.18. The summed E-state index contributed by atoms with van der Waals surface area (Å²) in [6.07, 6.45) is 1.62. The van der Waals surface area contributed by atoms with Gasteiger partial charge in [-0.2, -0.15) is 10.1 Å². The summed E-state index contributed by atoms with van der Waals surface area (Å²) in [6.45, 7) is 1.31. The molecule has 2 amide bonds. The van der Waals surface area contributed by atoms with E-state index in [4.69, 9.17) is 5.73 Å². The van der Waals surface area contributed by atoms with Crippen LogP contribution < -0.4 is 5.73 Å². The van der Waals surface area contributed by atoms with Crippen molar-refractivity contribution in [2.24, 2.45) is 7.05 Å². The molecule has 3 rings (SSSR count). The van der Waals surface area contributed by atoms with Gasteiger partial charge in [-0.1, -0.05) is 0 Å². The average molecular weight is 356 g/mol. The van der Waals surface area contributed by atoms with Gasteiger partial charge in [0.2, 0.25) is 5.95 Å². The molecule has 0 unspecified atom stereocenters. The van der Waals surface area contributed by atoms with Gasteiger partial charge in [0.05, 0.1) is 0 Å². The predicted octanol–water partition coefficient (Wildman–Crippen LogP) is 1.12. The molecule has 2 aromatic rings. The lowest BCUT2D eigenvalue weighted by Crippen LogP contribution is -2.38. The number of hydrogen-bond acceptors (Lipinski definition) is 5. The van der Waals surface area contributed by atoms with E-state index >= 15 is 0 Å². The van der Waals surface area contributed by atoms with Crippen LogP contribution in [0.4, 0.5) is 5.95 Å². The lowest BCUT2D eigenvalue weighted by Gasteiger charge is -2.30. The summed E-state index contributed by atoms with van der Waals surface area (Å²) >= 11 is 0. The second-order valence-corrected chi connectivity index (χ2v) is 6.80. The van der Waals surface area contributed by atoms with Gasteiger partial charge in [0.1, 0.15) is 0 Å². The minimum Gasteiger partial charge on any atom is -0.368 e. The molecule has 8 heteroatoms. The normalized spacial score (nSPS) is 15.1. The zero-order chi connectivity index (χ0) is 18.8. The van der Waals surface area contributed by atoms with Crippen molar-refractivity contribution >= 4 is 17.8 Å². The van der Waals surface area contributed by atoms with E-state index in [9.17, 15) is 9.59 Å². The van der Waals surface area contributed by atoms with Crippen LogP contribution >= 0.6 is 0 Å². The zero-order valence-corrected chi connectivity index (χ0v) is 15.3. The Bertz CT molecular complexity index is 784. The highest BCUT2D eigenvalue weighted by Crippen LogP contribution is 2.27. The number of aryl methyl sites for hydroxylation is 1. The third-order valence-corrected chi connectivity index (χ3v) is 4.75. The lowest BCUT2D eigenvalue weighted by molar-refractivity contribution is 0.0710. The Labute approximate surface area is 152 Å². The number of carbonyl (C=O) groups excluding carboxylic acids is 2. The molecule has 0 aliphatic carbocycles. The van der Waals surface area contributed by atoms with Crippen LogP contribution in [0.25, 0.3) is 0 Å².